The first-order valence-corrected chi connectivity index (χ1v) is 10.9. The van der Waals surface area contributed by atoms with E-state index in [0.29, 0.717) is 12.2 Å². The molecule has 9 nitrogen and oxygen atoms in total. The number of non-ortho nitro benzene ring substituents is 1. The van der Waals surface area contributed by atoms with E-state index < -0.39 is 20.9 Å². The van der Waals surface area contributed by atoms with Crippen molar-refractivity contribution >= 4 is 33.3 Å². The van der Waals surface area contributed by atoms with Crippen molar-refractivity contribution in [3.05, 3.63) is 68.7 Å². The van der Waals surface area contributed by atoms with Crippen molar-refractivity contribution in [2.24, 2.45) is 0 Å². The van der Waals surface area contributed by atoms with Gasteiger partial charge in [-0.05, 0) is 48.7 Å². The molecule has 3 rings (SSSR count). The average molecular weight is 455 g/mol. The van der Waals surface area contributed by atoms with E-state index in [-0.39, 0.29) is 40.4 Å². The summed E-state index contributed by atoms with van der Waals surface area (Å²) in [4.78, 5) is 22.3. The number of ether oxygens (including phenoxy) is 2. The van der Waals surface area contributed by atoms with Gasteiger partial charge in [-0.2, -0.15) is 0 Å². The quantitative estimate of drug-likeness (QED) is 0.369. The summed E-state index contributed by atoms with van der Waals surface area (Å²) in [6, 6.07) is 9.37. The van der Waals surface area contributed by atoms with Gasteiger partial charge < -0.3 is 9.47 Å². The van der Waals surface area contributed by atoms with Crippen LogP contribution in [0.2, 0.25) is 5.02 Å². The molecular formula is C19H19ClN2O7S. The van der Waals surface area contributed by atoms with Gasteiger partial charge in [-0.1, -0.05) is 11.6 Å². The Morgan fingerprint density at radius 3 is 2.63 bits per heavy atom. The zero-order chi connectivity index (χ0) is 21.7. The van der Waals surface area contributed by atoms with Crippen LogP contribution >= 0.6 is 11.6 Å². The highest BCUT2D eigenvalue weighted by Crippen LogP contribution is 2.24. The summed E-state index contributed by atoms with van der Waals surface area (Å²) >= 11 is 6.04. The second kappa shape index (κ2) is 9.52. The largest absolute Gasteiger partial charge is 0.457 e. The van der Waals surface area contributed by atoms with E-state index in [1.54, 1.807) is 0 Å². The number of carbonyl (C=O) groups excluding carboxylic acids is 1. The molecule has 1 saturated heterocycles. The molecule has 0 aromatic heterocycles. The van der Waals surface area contributed by atoms with Crippen LogP contribution in [0.5, 0.6) is 0 Å². The number of nitrogens with one attached hydrogen (secondary N) is 1. The summed E-state index contributed by atoms with van der Waals surface area (Å²) in [5.41, 5.74) is 0.487. The number of nitro benzene ring substituents is 1. The minimum atomic E-state index is -3.95. The first-order valence-electron chi connectivity index (χ1n) is 9.07. The van der Waals surface area contributed by atoms with Crippen molar-refractivity contribution < 1.29 is 27.6 Å². The number of hydrogen-bond donors (Lipinski definition) is 1. The van der Waals surface area contributed by atoms with Crippen LogP contribution in [0.15, 0.2) is 47.4 Å². The summed E-state index contributed by atoms with van der Waals surface area (Å²) < 4.78 is 38.2. The smallest absolute Gasteiger partial charge is 0.338 e. The lowest BCUT2D eigenvalue weighted by Crippen LogP contribution is -2.32. The SMILES string of the molecule is O=C(OCc1ccc([N+](=O)[O-])cc1)c1ccc(Cl)c(S(=O)(=O)NCC2CCCO2)c1. The number of esters is 1. The number of hydrogen-bond acceptors (Lipinski definition) is 7. The Kier molecular flexibility index (Phi) is 7.03. The van der Waals surface area contributed by atoms with E-state index in [1.807, 2.05) is 0 Å². The van der Waals surface area contributed by atoms with Crippen LogP contribution in [0.4, 0.5) is 5.69 Å². The maximum absolute atomic E-state index is 12.6. The minimum absolute atomic E-state index is 0.0128. The Morgan fingerprint density at radius 1 is 1.27 bits per heavy atom. The molecular weight excluding hydrogens is 436 g/mol. The van der Waals surface area contributed by atoms with Crippen LogP contribution in [0.3, 0.4) is 0 Å². The standard InChI is InChI=1S/C19H19ClN2O7S/c20-17-8-5-14(10-18(17)30(26,27)21-11-16-2-1-9-28-16)19(23)29-12-13-3-6-15(7-4-13)22(24)25/h3-8,10,16,21H,1-2,9,11-12H2. The number of rotatable bonds is 8. The first-order chi connectivity index (χ1) is 14.3. The molecule has 11 heteroatoms. The molecule has 1 aliphatic rings. The molecule has 0 saturated carbocycles. The Hall–Kier alpha value is -2.53. The molecule has 2 aromatic carbocycles. The van der Waals surface area contributed by atoms with Crippen molar-refractivity contribution in [3.63, 3.8) is 0 Å². The Bertz CT molecular complexity index is 1040. The Balaban J connectivity index is 1.67. The van der Waals surface area contributed by atoms with Crippen molar-refractivity contribution in [1.29, 1.82) is 0 Å². The number of carbonyl (C=O) groups is 1. The summed E-state index contributed by atoms with van der Waals surface area (Å²) in [7, 11) is -3.95. The van der Waals surface area contributed by atoms with Gasteiger partial charge >= 0.3 is 5.97 Å². The fourth-order valence-electron chi connectivity index (χ4n) is 2.87. The fraction of sp³-hybridized carbons (Fsp3) is 0.316. The summed E-state index contributed by atoms with van der Waals surface area (Å²) in [5, 5.41) is 10.6. The summed E-state index contributed by atoms with van der Waals surface area (Å²) in [6.07, 6.45) is 1.46. The molecule has 1 fully saturated rings. The zero-order valence-electron chi connectivity index (χ0n) is 15.7. The molecule has 0 radical (unpaired) electrons. The molecule has 0 aliphatic carbocycles. The molecule has 1 heterocycles. The zero-order valence-corrected chi connectivity index (χ0v) is 17.3. The molecule has 1 unspecified atom stereocenters. The number of sulfonamides is 1. The number of nitro groups is 1. The first kappa shape index (κ1) is 22.2. The average Bonchev–Trinajstić information content (AvgIpc) is 3.25. The van der Waals surface area contributed by atoms with Crippen LogP contribution < -0.4 is 4.72 Å². The molecule has 0 bridgehead atoms. The van der Waals surface area contributed by atoms with Crippen LogP contribution in [0, 0.1) is 10.1 Å². The van der Waals surface area contributed by atoms with Gasteiger partial charge in [-0.25, -0.2) is 17.9 Å². The topological polar surface area (TPSA) is 125 Å². The van der Waals surface area contributed by atoms with Crippen molar-refractivity contribution in [3.8, 4) is 0 Å². The van der Waals surface area contributed by atoms with E-state index in [2.05, 4.69) is 4.72 Å². The predicted molar refractivity (Wildman–Crippen MR) is 108 cm³/mol. The third-order valence-electron chi connectivity index (χ3n) is 4.50. The predicted octanol–water partition coefficient (Wildman–Crippen LogP) is 3.06. The maximum Gasteiger partial charge on any atom is 0.338 e. The summed E-state index contributed by atoms with van der Waals surface area (Å²) in [6.45, 7) is 0.593. The van der Waals surface area contributed by atoms with Crippen LogP contribution in [0.1, 0.15) is 28.8 Å². The molecule has 1 atom stereocenters. The van der Waals surface area contributed by atoms with Crippen LogP contribution in [0.25, 0.3) is 0 Å². The highest BCUT2D eigenvalue weighted by atomic mass is 35.5. The van der Waals surface area contributed by atoms with Gasteiger partial charge in [0, 0.05) is 25.3 Å². The van der Waals surface area contributed by atoms with Gasteiger partial charge in [0.1, 0.15) is 11.5 Å². The third kappa shape index (κ3) is 5.54. The minimum Gasteiger partial charge on any atom is -0.457 e. The second-order valence-corrected chi connectivity index (χ2v) is 8.77. The van der Waals surface area contributed by atoms with Crippen molar-refractivity contribution in [2.75, 3.05) is 13.2 Å². The molecule has 1 N–H and O–H groups in total. The fourth-order valence-corrected chi connectivity index (χ4v) is 4.46. The van der Waals surface area contributed by atoms with Gasteiger partial charge in [0.15, 0.2) is 0 Å². The third-order valence-corrected chi connectivity index (χ3v) is 6.40. The van der Waals surface area contributed by atoms with Gasteiger partial charge in [0.2, 0.25) is 10.0 Å². The lowest BCUT2D eigenvalue weighted by atomic mass is 10.2. The Labute approximate surface area is 178 Å². The normalized spacial score (nSPS) is 16.4. The number of nitrogens with zero attached hydrogens (tertiary/aromatic N) is 1. The molecule has 0 amide bonds. The van der Waals surface area contributed by atoms with Crippen LogP contribution in [-0.2, 0) is 26.1 Å². The van der Waals surface area contributed by atoms with E-state index in [4.69, 9.17) is 21.1 Å². The van der Waals surface area contributed by atoms with Gasteiger partial charge in [-0.15, -0.1) is 0 Å². The number of halogens is 1. The van der Waals surface area contributed by atoms with Crippen molar-refractivity contribution in [2.45, 2.75) is 30.4 Å². The second-order valence-electron chi connectivity index (χ2n) is 6.63. The van der Waals surface area contributed by atoms with E-state index in [0.717, 1.165) is 18.9 Å². The van der Waals surface area contributed by atoms with Crippen LogP contribution in [-0.4, -0.2) is 38.6 Å². The molecule has 0 spiro atoms. The van der Waals surface area contributed by atoms with Gasteiger partial charge in [0.05, 0.1) is 21.6 Å². The molecule has 30 heavy (non-hydrogen) atoms. The molecule has 160 valence electrons. The Morgan fingerprint density at radius 2 is 2.00 bits per heavy atom. The number of benzene rings is 2. The van der Waals surface area contributed by atoms with Crippen molar-refractivity contribution in [1.82, 2.24) is 4.72 Å². The van der Waals surface area contributed by atoms with E-state index in [9.17, 15) is 23.3 Å². The maximum atomic E-state index is 12.6. The summed E-state index contributed by atoms with van der Waals surface area (Å²) in [5.74, 6) is -0.749. The van der Waals surface area contributed by atoms with Gasteiger partial charge in [-0.3, -0.25) is 10.1 Å². The molecule has 1 aliphatic heterocycles. The molecule has 2 aromatic rings. The highest BCUT2D eigenvalue weighted by molar-refractivity contribution is 7.89. The monoisotopic (exact) mass is 454 g/mol. The highest BCUT2D eigenvalue weighted by Gasteiger charge is 2.23. The van der Waals surface area contributed by atoms with Gasteiger partial charge in [0.25, 0.3) is 5.69 Å². The lowest BCUT2D eigenvalue weighted by molar-refractivity contribution is -0.384. The van der Waals surface area contributed by atoms with E-state index in [1.165, 1.54) is 36.4 Å². The lowest BCUT2D eigenvalue weighted by Gasteiger charge is -2.13. The van der Waals surface area contributed by atoms with E-state index >= 15 is 0 Å².